The average molecular weight is 322 g/mol. The van der Waals surface area contributed by atoms with Gasteiger partial charge in [0.2, 0.25) is 5.91 Å². The smallest absolute Gasteiger partial charge is 0.220 e. The maximum atomic E-state index is 11.3. The quantitative estimate of drug-likeness (QED) is 0.898. The minimum atomic E-state index is -0.220. The van der Waals surface area contributed by atoms with Gasteiger partial charge in [0.1, 0.15) is 6.07 Å². The van der Waals surface area contributed by atoms with E-state index in [1.54, 1.807) is 6.07 Å². The first-order valence-corrected chi connectivity index (χ1v) is 7.15. The van der Waals surface area contributed by atoms with Crippen LogP contribution in [-0.2, 0) is 4.79 Å². The molecule has 0 unspecified atom stereocenters. The molecule has 1 amide bonds. The standard InChI is InChI=1S/C14H16BrN3O/c15-11-4-5-13(10(6-11)8-16)18-12-3-1-2-9(7-12)14(17)19/h4-6,9,12,18H,1-3,7H2,(H2,17,19)/t9-,12-/m1/s1. The Kier molecular flexibility index (Phi) is 4.43. The number of amides is 1. The van der Waals surface area contributed by atoms with E-state index in [0.717, 1.165) is 35.8 Å². The second kappa shape index (κ2) is 6.07. The highest BCUT2D eigenvalue weighted by atomic mass is 79.9. The van der Waals surface area contributed by atoms with Crippen LogP contribution in [0.25, 0.3) is 0 Å². The van der Waals surface area contributed by atoms with Crippen LogP contribution >= 0.6 is 15.9 Å². The van der Waals surface area contributed by atoms with Gasteiger partial charge in [0.15, 0.2) is 0 Å². The molecule has 0 radical (unpaired) electrons. The normalized spacial score (nSPS) is 22.5. The van der Waals surface area contributed by atoms with Crippen LogP contribution < -0.4 is 11.1 Å². The number of nitrogens with zero attached hydrogens (tertiary/aromatic N) is 1. The van der Waals surface area contributed by atoms with Crippen molar-refractivity contribution < 1.29 is 4.79 Å². The summed E-state index contributed by atoms with van der Waals surface area (Å²) in [5, 5.41) is 12.5. The summed E-state index contributed by atoms with van der Waals surface area (Å²) in [5.74, 6) is -0.268. The van der Waals surface area contributed by atoms with Gasteiger partial charge < -0.3 is 11.1 Å². The SMILES string of the molecule is N#Cc1cc(Br)ccc1N[C@@H]1CCC[C@@H](C(N)=O)C1. The maximum absolute atomic E-state index is 11.3. The largest absolute Gasteiger partial charge is 0.381 e. The zero-order chi connectivity index (χ0) is 13.8. The van der Waals surface area contributed by atoms with E-state index < -0.39 is 0 Å². The summed E-state index contributed by atoms with van der Waals surface area (Å²) >= 11 is 3.35. The van der Waals surface area contributed by atoms with Gasteiger partial charge in [0.05, 0.1) is 11.3 Å². The van der Waals surface area contributed by atoms with Crippen LogP contribution in [-0.4, -0.2) is 11.9 Å². The zero-order valence-corrected chi connectivity index (χ0v) is 12.1. The highest BCUT2D eigenvalue weighted by Crippen LogP contribution is 2.28. The van der Waals surface area contributed by atoms with E-state index in [4.69, 9.17) is 11.0 Å². The van der Waals surface area contributed by atoms with Gasteiger partial charge in [-0.3, -0.25) is 4.79 Å². The molecule has 1 fully saturated rings. The molecule has 1 saturated carbocycles. The van der Waals surface area contributed by atoms with Crippen molar-refractivity contribution in [2.45, 2.75) is 31.7 Å². The molecule has 19 heavy (non-hydrogen) atoms. The van der Waals surface area contributed by atoms with Crippen molar-refractivity contribution in [1.29, 1.82) is 5.26 Å². The van der Waals surface area contributed by atoms with Crippen molar-refractivity contribution >= 4 is 27.5 Å². The number of hydrogen-bond acceptors (Lipinski definition) is 3. The number of rotatable bonds is 3. The summed E-state index contributed by atoms with van der Waals surface area (Å²) in [6, 6.07) is 7.96. The molecule has 0 aliphatic heterocycles. The second-order valence-electron chi connectivity index (χ2n) is 4.91. The van der Waals surface area contributed by atoms with Crippen LogP contribution in [0.15, 0.2) is 22.7 Å². The predicted molar refractivity (Wildman–Crippen MR) is 77.4 cm³/mol. The van der Waals surface area contributed by atoms with Crippen molar-refractivity contribution in [2.75, 3.05) is 5.32 Å². The van der Waals surface area contributed by atoms with Crippen LogP contribution in [0.2, 0.25) is 0 Å². The molecule has 2 rings (SSSR count). The summed E-state index contributed by atoms with van der Waals surface area (Å²) in [7, 11) is 0. The number of halogens is 1. The Hall–Kier alpha value is -1.54. The number of benzene rings is 1. The van der Waals surface area contributed by atoms with Crippen molar-refractivity contribution in [2.24, 2.45) is 11.7 Å². The lowest BCUT2D eigenvalue weighted by Gasteiger charge is -2.29. The second-order valence-corrected chi connectivity index (χ2v) is 5.82. The molecule has 0 heterocycles. The number of primary amides is 1. The topological polar surface area (TPSA) is 78.9 Å². The summed E-state index contributed by atoms with van der Waals surface area (Å²) in [4.78, 5) is 11.3. The molecule has 0 saturated heterocycles. The molecule has 1 aliphatic rings. The number of nitrogens with two attached hydrogens (primary N) is 1. The lowest BCUT2D eigenvalue weighted by molar-refractivity contribution is -0.122. The Labute approximate surface area is 121 Å². The third kappa shape index (κ3) is 3.48. The maximum Gasteiger partial charge on any atom is 0.220 e. The van der Waals surface area contributed by atoms with Gasteiger partial charge in [-0.05, 0) is 37.5 Å². The molecule has 0 aromatic heterocycles. The van der Waals surface area contributed by atoms with Crippen LogP contribution in [0, 0.1) is 17.2 Å². The molecule has 1 aromatic carbocycles. The Morgan fingerprint density at radius 3 is 2.95 bits per heavy atom. The molecule has 1 aromatic rings. The first kappa shape index (κ1) is 13.9. The van der Waals surface area contributed by atoms with Gasteiger partial charge in [0, 0.05) is 16.4 Å². The predicted octanol–water partition coefficient (Wildman–Crippen LogP) is 2.78. The highest BCUT2D eigenvalue weighted by molar-refractivity contribution is 9.10. The summed E-state index contributed by atoms with van der Waals surface area (Å²) in [6.45, 7) is 0. The van der Waals surface area contributed by atoms with Crippen LogP contribution in [0.3, 0.4) is 0 Å². The lowest BCUT2D eigenvalue weighted by atomic mass is 9.85. The van der Waals surface area contributed by atoms with E-state index in [1.807, 2.05) is 12.1 Å². The number of hydrogen-bond donors (Lipinski definition) is 2. The summed E-state index contributed by atoms with van der Waals surface area (Å²) in [5.41, 5.74) is 6.80. The number of anilines is 1. The van der Waals surface area contributed by atoms with Crippen molar-refractivity contribution in [1.82, 2.24) is 0 Å². The minimum absolute atomic E-state index is 0.0489. The molecule has 0 bridgehead atoms. The molecule has 5 heteroatoms. The van der Waals surface area contributed by atoms with Crippen molar-refractivity contribution in [3.8, 4) is 6.07 Å². The van der Waals surface area contributed by atoms with E-state index in [2.05, 4.69) is 27.3 Å². The molecule has 1 aliphatic carbocycles. The average Bonchev–Trinajstić information content (AvgIpc) is 2.41. The first-order valence-electron chi connectivity index (χ1n) is 6.35. The summed E-state index contributed by atoms with van der Waals surface area (Å²) in [6.07, 6.45) is 3.61. The minimum Gasteiger partial charge on any atom is -0.381 e. The third-order valence-corrected chi connectivity index (χ3v) is 4.03. The Morgan fingerprint density at radius 2 is 2.26 bits per heavy atom. The van der Waals surface area contributed by atoms with Gasteiger partial charge in [-0.1, -0.05) is 22.4 Å². The molecule has 100 valence electrons. The molecular weight excluding hydrogens is 306 g/mol. The highest BCUT2D eigenvalue weighted by Gasteiger charge is 2.25. The van der Waals surface area contributed by atoms with E-state index >= 15 is 0 Å². The van der Waals surface area contributed by atoms with Gasteiger partial charge in [0.25, 0.3) is 0 Å². The first-order chi connectivity index (χ1) is 9.10. The van der Waals surface area contributed by atoms with Gasteiger partial charge in [-0.15, -0.1) is 0 Å². The van der Waals surface area contributed by atoms with Gasteiger partial charge >= 0.3 is 0 Å². The molecule has 3 N–H and O–H groups in total. The van der Waals surface area contributed by atoms with E-state index in [1.165, 1.54) is 0 Å². The van der Waals surface area contributed by atoms with Crippen LogP contribution in [0.1, 0.15) is 31.2 Å². The van der Waals surface area contributed by atoms with Gasteiger partial charge in [-0.2, -0.15) is 5.26 Å². The number of nitriles is 1. The fourth-order valence-corrected chi connectivity index (χ4v) is 2.90. The molecular formula is C14H16BrN3O. The number of carbonyl (C=O) groups excluding carboxylic acids is 1. The van der Waals surface area contributed by atoms with Crippen molar-refractivity contribution in [3.63, 3.8) is 0 Å². The summed E-state index contributed by atoms with van der Waals surface area (Å²) < 4.78 is 0.883. The molecule has 0 spiro atoms. The third-order valence-electron chi connectivity index (χ3n) is 3.54. The lowest BCUT2D eigenvalue weighted by Crippen LogP contribution is -2.34. The van der Waals surface area contributed by atoms with E-state index in [9.17, 15) is 4.79 Å². The number of carbonyl (C=O) groups is 1. The zero-order valence-electron chi connectivity index (χ0n) is 10.5. The Bertz CT molecular complexity index is 524. The fourth-order valence-electron chi connectivity index (χ4n) is 2.53. The van der Waals surface area contributed by atoms with Gasteiger partial charge in [-0.25, -0.2) is 0 Å². The Balaban J connectivity index is 2.09. The van der Waals surface area contributed by atoms with Crippen molar-refractivity contribution in [3.05, 3.63) is 28.2 Å². The van der Waals surface area contributed by atoms with Crippen LogP contribution in [0.4, 0.5) is 5.69 Å². The van der Waals surface area contributed by atoms with E-state index in [0.29, 0.717) is 5.56 Å². The molecule has 2 atom stereocenters. The van der Waals surface area contributed by atoms with Crippen LogP contribution in [0.5, 0.6) is 0 Å². The fraction of sp³-hybridized carbons (Fsp3) is 0.429. The molecule has 4 nitrogen and oxygen atoms in total. The number of nitrogens with one attached hydrogen (secondary N) is 1. The Morgan fingerprint density at radius 1 is 1.47 bits per heavy atom. The van der Waals surface area contributed by atoms with E-state index in [-0.39, 0.29) is 17.9 Å². The monoisotopic (exact) mass is 321 g/mol.